The van der Waals surface area contributed by atoms with Crippen LogP contribution in [-0.2, 0) is 30.8 Å². The molecule has 0 aliphatic carbocycles. The van der Waals surface area contributed by atoms with Crippen LogP contribution in [-0.4, -0.2) is 72.0 Å². The number of amides is 1. The molecule has 4 rings (SSSR count). The van der Waals surface area contributed by atoms with Gasteiger partial charge in [-0.3, -0.25) is 4.79 Å². The van der Waals surface area contributed by atoms with Crippen LogP contribution in [0.15, 0.2) is 47.4 Å². The molecule has 1 saturated heterocycles. The fraction of sp³-hybridized carbons (Fsp3) is 0.364. The first kappa shape index (κ1) is 23.8. The molecule has 1 aliphatic heterocycles. The minimum absolute atomic E-state index is 0.127. The van der Waals surface area contributed by atoms with E-state index in [0.717, 1.165) is 5.52 Å². The standard InChI is InChI=1S/C22H25N5O6S/c1-3-27-20-9-4-16(14-19(20)24-25-27)22(29)33-15(2)21(28)23-17-5-7-18(8-6-17)34(30,31)26-10-12-32-13-11-26/h4-9,14-15H,3,10-13H2,1-2H3,(H,23,28). The van der Waals surface area contributed by atoms with Gasteiger partial charge in [-0.25, -0.2) is 17.9 Å². The molecule has 1 aromatic heterocycles. The van der Waals surface area contributed by atoms with Gasteiger partial charge in [-0.05, 0) is 56.3 Å². The largest absolute Gasteiger partial charge is 0.449 e. The van der Waals surface area contributed by atoms with Crippen molar-refractivity contribution in [3.8, 4) is 0 Å². The molecule has 34 heavy (non-hydrogen) atoms. The Balaban J connectivity index is 1.37. The second-order valence-electron chi connectivity index (χ2n) is 7.69. The summed E-state index contributed by atoms with van der Waals surface area (Å²) in [6.45, 7) is 5.36. The third-order valence-corrected chi connectivity index (χ3v) is 7.34. The number of benzene rings is 2. The molecule has 1 N–H and O–H groups in total. The normalized spacial score (nSPS) is 15.7. The van der Waals surface area contributed by atoms with Crippen LogP contribution in [0.5, 0.6) is 0 Å². The average molecular weight is 488 g/mol. The van der Waals surface area contributed by atoms with Crippen molar-refractivity contribution in [1.29, 1.82) is 0 Å². The lowest BCUT2D eigenvalue weighted by molar-refractivity contribution is -0.123. The van der Waals surface area contributed by atoms with Gasteiger partial charge in [0.2, 0.25) is 10.0 Å². The zero-order valence-corrected chi connectivity index (χ0v) is 19.6. The molecule has 1 unspecified atom stereocenters. The average Bonchev–Trinajstić information content (AvgIpc) is 3.27. The summed E-state index contributed by atoms with van der Waals surface area (Å²) in [5.41, 5.74) is 1.99. The van der Waals surface area contributed by atoms with Crippen LogP contribution < -0.4 is 5.32 Å². The molecule has 1 aliphatic rings. The van der Waals surface area contributed by atoms with Crippen molar-refractivity contribution in [3.63, 3.8) is 0 Å². The number of rotatable bonds is 7. The number of sulfonamides is 1. The minimum Gasteiger partial charge on any atom is -0.449 e. The zero-order chi connectivity index (χ0) is 24.3. The highest BCUT2D eigenvalue weighted by atomic mass is 32.2. The van der Waals surface area contributed by atoms with Crippen molar-refractivity contribution in [1.82, 2.24) is 19.3 Å². The van der Waals surface area contributed by atoms with Crippen molar-refractivity contribution in [2.45, 2.75) is 31.4 Å². The van der Waals surface area contributed by atoms with E-state index in [4.69, 9.17) is 9.47 Å². The molecular weight excluding hydrogens is 462 g/mol. The quantitative estimate of drug-likeness (QED) is 0.498. The van der Waals surface area contributed by atoms with Crippen molar-refractivity contribution < 1.29 is 27.5 Å². The molecule has 0 spiro atoms. The number of carbonyl (C=O) groups is 2. The second-order valence-corrected chi connectivity index (χ2v) is 9.62. The van der Waals surface area contributed by atoms with E-state index in [1.807, 2.05) is 6.92 Å². The highest BCUT2D eigenvalue weighted by molar-refractivity contribution is 7.89. The summed E-state index contributed by atoms with van der Waals surface area (Å²) in [6, 6.07) is 10.7. The van der Waals surface area contributed by atoms with Gasteiger partial charge in [0, 0.05) is 25.3 Å². The first-order chi connectivity index (χ1) is 16.3. The van der Waals surface area contributed by atoms with Crippen molar-refractivity contribution in [2.75, 3.05) is 31.6 Å². The highest BCUT2D eigenvalue weighted by Crippen LogP contribution is 2.20. The summed E-state index contributed by atoms with van der Waals surface area (Å²) in [7, 11) is -3.63. The summed E-state index contributed by atoms with van der Waals surface area (Å²) in [5.74, 6) is -1.21. The molecule has 0 radical (unpaired) electrons. The van der Waals surface area contributed by atoms with Crippen LogP contribution in [0.2, 0.25) is 0 Å². The molecule has 2 heterocycles. The summed E-state index contributed by atoms with van der Waals surface area (Å²) in [4.78, 5) is 25.1. The number of hydrogen-bond acceptors (Lipinski definition) is 8. The summed E-state index contributed by atoms with van der Waals surface area (Å²) >= 11 is 0. The van der Waals surface area contributed by atoms with Crippen molar-refractivity contribution >= 4 is 38.6 Å². The monoisotopic (exact) mass is 487 g/mol. The second kappa shape index (κ2) is 9.87. The van der Waals surface area contributed by atoms with Crippen LogP contribution in [0.25, 0.3) is 11.0 Å². The third kappa shape index (κ3) is 4.93. The van der Waals surface area contributed by atoms with Crippen molar-refractivity contribution in [3.05, 3.63) is 48.0 Å². The summed E-state index contributed by atoms with van der Waals surface area (Å²) in [6.07, 6.45) is -1.08. The van der Waals surface area contributed by atoms with E-state index < -0.39 is 28.0 Å². The van der Waals surface area contributed by atoms with Gasteiger partial charge in [-0.1, -0.05) is 5.21 Å². The van der Waals surface area contributed by atoms with E-state index in [-0.39, 0.29) is 10.5 Å². The number of esters is 1. The molecule has 1 fully saturated rings. The van der Waals surface area contributed by atoms with Gasteiger partial charge in [0.05, 0.1) is 29.2 Å². The topological polar surface area (TPSA) is 133 Å². The van der Waals surface area contributed by atoms with E-state index in [2.05, 4.69) is 15.6 Å². The first-order valence-electron chi connectivity index (χ1n) is 10.8. The minimum atomic E-state index is -3.63. The molecule has 180 valence electrons. The van der Waals surface area contributed by atoms with Gasteiger partial charge >= 0.3 is 5.97 Å². The number of fused-ring (bicyclic) bond motifs is 1. The third-order valence-electron chi connectivity index (χ3n) is 5.43. The van der Waals surface area contributed by atoms with E-state index in [9.17, 15) is 18.0 Å². The molecule has 2 aromatic carbocycles. The molecule has 3 aromatic rings. The zero-order valence-electron chi connectivity index (χ0n) is 18.8. The van der Waals surface area contributed by atoms with E-state index in [1.54, 1.807) is 22.9 Å². The predicted octanol–water partition coefficient (Wildman–Crippen LogP) is 1.66. The maximum Gasteiger partial charge on any atom is 0.338 e. The van der Waals surface area contributed by atoms with Gasteiger partial charge in [0.1, 0.15) is 5.52 Å². The number of hydrogen-bond donors (Lipinski definition) is 1. The Morgan fingerprint density at radius 2 is 1.85 bits per heavy atom. The van der Waals surface area contributed by atoms with Crippen LogP contribution in [0, 0.1) is 0 Å². The van der Waals surface area contributed by atoms with Crippen LogP contribution in [0.1, 0.15) is 24.2 Å². The van der Waals surface area contributed by atoms with E-state index in [1.165, 1.54) is 35.5 Å². The number of carbonyl (C=O) groups excluding carboxylic acids is 2. The Morgan fingerprint density at radius 1 is 1.15 bits per heavy atom. The Morgan fingerprint density at radius 3 is 2.53 bits per heavy atom. The number of aryl methyl sites for hydroxylation is 1. The molecule has 1 atom stereocenters. The summed E-state index contributed by atoms with van der Waals surface area (Å²) < 4.78 is 39.0. The smallest absolute Gasteiger partial charge is 0.338 e. The molecule has 12 heteroatoms. The van der Waals surface area contributed by atoms with Crippen LogP contribution in [0.4, 0.5) is 5.69 Å². The van der Waals surface area contributed by atoms with Crippen LogP contribution >= 0.6 is 0 Å². The Bertz CT molecular complexity index is 1300. The fourth-order valence-electron chi connectivity index (χ4n) is 3.50. The lowest BCUT2D eigenvalue weighted by Gasteiger charge is -2.26. The van der Waals surface area contributed by atoms with Gasteiger partial charge in [0.15, 0.2) is 6.10 Å². The molecule has 0 bridgehead atoms. The SMILES string of the molecule is CCn1nnc2cc(C(=O)OC(C)C(=O)Nc3ccc(S(=O)(=O)N4CCOCC4)cc3)ccc21. The fourth-order valence-corrected chi connectivity index (χ4v) is 4.91. The molecule has 0 saturated carbocycles. The maximum atomic E-state index is 12.7. The number of morpholine rings is 1. The first-order valence-corrected chi connectivity index (χ1v) is 12.3. The van der Waals surface area contributed by atoms with Crippen LogP contribution in [0.3, 0.4) is 0 Å². The Hall–Kier alpha value is -3.35. The van der Waals surface area contributed by atoms with Gasteiger partial charge < -0.3 is 14.8 Å². The number of aromatic nitrogens is 3. The Kier molecular flexibility index (Phi) is 6.91. The molecule has 1 amide bonds. The number of nitrogens with one attached hydrogen (secondary N) is 1. The number of ether oxygens (including phenoxy) is 2. The van der Waals surface area contributed by atoms with Crippen molar-refractivity contribution in [2.24, 2.45) is 0 Å². The number of nitrogens with zero attached hydrogens (tertiary/aromatic N) is 4. The van der Waals surface area contributed by atoms with Gasteiger partial charge in [-0.15, -0.1) is 5.10 Å². The lowest BCUT2D eigenvalue weighted by atomic mass is 10.2. The van der Waals surface area contributed by atoms with E-state index >= 15 is 0 Å². The highest BCUT2D eigenvalue weighted by Gasteiger charge is 2.26. The molecular formula is C22H25N5O6S. The predicted molar refractivity (Wildman–Crippen MR) is 123 cm³/mol. The lowest BCUT2D eigenvalue weighted by Crippen LogP contribution is -2.40. The van der Waals surface area contributed by atoms with Gasteiger partial charge in [0.25, 0.3) is 5.91 Å². The Labute approximate surface area is 196 Å². The summed E-state index contributed by atoms with van der Waals surface area (Å²) in [5, 5.41) is 10.7. The maximum absolute atomic E-state index is 12.7. The number of anilines is 1. The van der Waals surface area contributed by atoms with Gasteiger partial charge in [-0.2, -0.15) is 4.31 Å². The molecule has 11 nitrogen and oxygen atoms in total. The van der Waals surface area contributed by atoms with E-state index in [0.29, 0.717) is 44.1 Å².